The summed E-state index contributed by atoms with van der Waals surface area (Å²) in [5.74, 6) is 2.08. The van der Waals surface area contributed by atoms with Crippen molar-refractivity contribution in [2.75, 3.05) is 33.8 Å². The topological polar surface area (TPSA) is 48.9 Å². The lowest BCUT2D eigenvalue weighted by Gasteiger charge is -2.32. The molecular formula is C23H31FN4O. The van der Waals surface area contributed by atoms with Crippen molar-refractivity contribution in [3.05, 3.63) is 65.5 Å². The third-order valence-corrected chi connectivity index (χ3v) is 5.40. The second kappa shape index (κ2) is 10.8. The number of nitrogens with one attached hydrogen (secondary N) is 2. The Morgan fingerprint density at radius 1 is 1.10 bits per heavy atom. The Morgan fingerprint density at radius 2 is 1.86 bits per heavy atom. The highest BCUT2D eigenvalue weighted by Crippen LogP contribution is 2.19. The maximum Gasteiger partial charge on any atom is 0.191 e. The lowest BCUT2D eigenvalue weighted by molar-refractivity contribution is 0.178. The molecule has 1 saturated heterocycles. The van der Waals surface area contributed by atoms with Crippen molar-refractivity contribution in [3.8, 4) is 5.75 Å². The first-order chi connectivity index (χ1) is 14.2. The van der Waals surface area contributed by atoms with Crippen LogP contribution in [0.5, 0.6) is 5.75 Å². The maximum atomic E-state index is 13.3. The van der Waals surface area contributed by atoms with Gasteiger partial charge in [0.1, 0.15) is 11.6 Å². The Bertz CT molecular complexity index is 786. The van der Waals surface area contributed by atoms with Gasteiger partial charge in [-0.15, -0.1) is 0 Å². The molecule has 0 saturated carbocycles. The van der Waals surface area contributed by atoms with Gasteiger partial charge in [-0.3, -0.25) is 9.89 Å². The van der Waals surface area contributed by atoms with Crippen molar-refractivity contribution < 1.29 is 9.13 Å². The average Bonchev–Trinajstić information content (AvgIpc) is 2.75. The van der Waals surface area contributed by atoms with E-state index in [1.165, 1.54) is 24.5 Å². The Hall–Kier alpha value is -2.60. The van der Waals surface area contributed by atoms with Crippen molar-refractivity contribution in [2.45, 2.75) is 25.9 Å². The molecule has 6 heteroatoms. The molecule has 0 aliphatic carbocycles. The van der Waals surface area contributed by atoms with Crippen LogP contribution in [0, 0.1) is 11.7 Å². The number of halogens is 1. The molecule has 2 aromatic carbocycles. The van der Waals surface area contributed by atoms with Gasteiger partial charge in [0.25, 0.3) is 0 Å². The predicted octanol–water partition coefficient (Wildman–Crippen LogP) is 3.41. The number of hydrogen-bond acceptors (Lipinski definition) is 3. The van der Waals surface area contributed by atoms with E-state index in [4.69, 9.17) is 4.74 Å². The second-order valence-electron chi connectivity index (χ2n) is 7.50. The molecule has 0 aromatic heterocycles. The van der Waals surface area contributed by atoms with Gasteiger partial charge in [-0.25, -0.2) is 4.39 Å². The average molecular weight is 399 g/mol. The molecule has 156 valence electrons. The number of hydrogen-bond donors (Lipinski definition) is 2. The number of benzene rings is 2. The van der Waals surface area contributed by atoms with Crippen LogP contribution in [0.3, 0.4) is 0 Å². The van der Waals surface area contributed by atoms with E-state index in [2.05, 4.69) is 32.7 Å². The van der Waals surface area contributed by atoms with Crippen molar-refractivity contribution in [1.82, 2.24) is 15.5 Å². The Kier molecular flexibility index (Phi) is 7.87. The van der Waals surface area contributed by atoms with Crippen molar-refractivity contribution in [3.63, 3.8) is 0 Å². The molecule has 2 N–H and O–H groups in total. The van der Waals surface area contributed by atoms with E-state index in [0.717, 1.165) is 43.5 Å². The Morgan fingerprint density at radius 3 is 2.52 bits per heavy atom. The largest absolute Gasteiger partial charge is 0.497 e. The van der Waals surface area contributed by atoms with Crippen LogP contribution in [0.1, 0.15) is 24.0 Å². The van der Waals surface area contributed by atoms with Crippen LogP contribution in [-0.2, 0) is 13.1 Å². The van der Waals surface area contributed by atoms with Gasteiger partial charge in [0.15, 0.2) is 5.96 Å². The third kappa shape index (κ3) is 6.75. The number of aliphatic imine (C=N–C) groups is 1. The molecule has 1 aliphatic heterocycles. The zero-order chi connectivity index (χ0) is 20.5. The first kappa shape index (κ1) is 21.1. The first-order valence-electron chi connectivity index (χ1n) is 10.2. The number of likely N-dealkylation sites (tertiary alicyclic amines) is 1. The summed E-state index contributed by atoms with van der Waals surface area (Å²) in [4.78, 5) is 6.78. The van der Waals surface area contributed by atoms with E-state index in [9.17, 15) is 4.39 Å². The zero-order valence-electron chi connectivity index (χ0n) is 17.3. The van der Waals surface area contributed by atoms with Gasteiger partial charge in [-0.05, 0) is 67.2 Å². The van der Waals surface area contributed by atoms with Gasteiger partial charge in [0.2, 0.25) is 0 Å². The van der Waals surface area contributed by atoms with E-state index in [0.29, 0.717) is 12.5 Å². The van der Waals surface area contributed by atoms with Crippen LogP contribution in [0.15, 0.2) is 53.5 Å². The lowest BCUT2D eigenvalue weighted by Crippen LogP contribution is -2.42. The summed E-state index contributed by atoms with van der Waals surface area (Å²) in [5.41, 5.74) is 2.23. The van der Waals surface area contributed by atoms with E-state index in [1.54, 1.807) is 26.3 Å². The molecule has 2 aromatic rings. The summed E-state index contributed by atoms with van der Waals surface area (Å²) < 4.78 is 18.5. The fourth-order valence-corrected chi connectivity index (χ4v) is 3.63. The molecular weight excluding hydrogens is 367 g/mol. The minimum absolute atomic E-state index is 0.214. The number of guanidine groups is 1. The van der Waals surface area contributed by atoms with Gasteiger partial charge in [0.05, 0.1) is 7.11 Å². The summed E-state index contributed by atoms with van der Waals surface area (Å²) in [6, 6.07) is 14.9. The molecule has 5 nitrogen and oxygen atoms in total. The summed E-state index contributed by atoms with van der Waals surface area (Å²) in [6.45, 7) is 4.65. The quantitative estimate of drug-likeness (QED) is 0.554. The molecule has 0 atom stereocenters. The predicted molar refractivity (Wildman–Crippen MR) is 116 cm³/mol. The Balaban J connectivity index is 1.37. The van der Waals surface area contributed by atoms with Gasteiger partial charge >= 0.3 is 0 Å². The summed E-state index contributed by atoms with van der Waals surface area (Å²) in [5, 5.41) is 6.67. The van der Waals surface area contributed by atoms with E-state index in [1.807, 2.05) is 18.2 Å². The SMILES string of the molecule is CN=C(NCc1cccc(F)c1)NCC1CCN(Cc2ccc(OC)cc2)CC1. The van der Waals surface area contributed by atoms with E-state index < -0.39 is 0 Å². The summed E-state index contributed by atoms with van der Waals surface area (Å²) >= 11 is 0. The molecule has 0 spiro atoms. The highest BCUT2D eigenvalue weighted by Gasteiger charge is 2.19. The van der Waals surface area contributed by atoms with E-state index >= 15 is 0 Å². The van der Waals surface area contributed by atoms with Crippen LogP contribution < -0.4 is 15.4 Å². The number of methoxy groups -OCH3 is 1. The number of rotatable bonds is 7. The van der Waals surface area contributed by atoms with Gasteiger partial charge < -0.3 is 15.4 Å². The maximum absolute atomic E-state index is 13.3. The van der Waals surface area contributed by atoms with Gasteiger partial charge in [0, 0.05) is 26.7 Å². The fourth-order valence-electron chi connectivity index (χ4n) is 3.63. The first-order valence-corrected chi connectivity index (χ1v) is 10.2. The Labute approximate surface area is 173 Å². The van der Waals surface area contributed by atoms with Crippen molar-refractivity contribution in [2.24, 2.45) is 10.9 Å². The standard InChI is InChI=1S/C23H31FN4O/c1-25-23(27-16-20-4-3-5-21(24)14-20)26-15-18-10-12-28(13-11-18)17-19-6-8-22(29-2)9-7-19/h3-9,14,18H,10-13,15-17H2,1-2H3,(H2,25,26,27). The highest BCUT2D eigenvalue weighted by molar-refractivity contribution is 5.79. The van der Waals surface area contributed by atoms with E-state index in [-0.39, 0.29) is 5.82 Å². The van der Waals surface area contributed by atoms with Gasteiger partial charge in [-0.2, -0.15) is 0 Å². The molecule has 1 heterocycles. The summed E-state index contributed by atoms with van der Waals surface area (Å²) in [7, 11) is 3.46. The number of ether oxygens (including phenoxy) is 1. The minimum Gasteiger partial charge on any atom is -0.497 e. The zero-order valence-corrected chi connectivity index (χ0v) is 17.3. The molecule has 0 radical (unpaired) electrons. The lowest BCUT2D eigenvalue weighted by atomic mass is 9.96. The molecule has 1 aliphatic rings. The smallest absolute Gasteiger partial charge is 0.191 e. The molecule has 0 bridgehead atoms. The van der Waals surface area contributed by atoms with Crippen LogP contribution >= 0.6 is 0 Å². The van der Waals surface area contributed by atoms with Crippen LogP contribution in [0.4, 0.5) is 4.39 Å². The van der Waals surface area contributed by atoms with Crippen LogP contribution in [0.2, 0.25) is 0 Å². The number of nitrogens with zero attached hydrogens (tertiary/aromatic N) is 2. The van der Waals surface area contributed by atoms with Crippen LogP contribution in [0.25, 0.3) is 0 Å². The molecule has 0 amide bonds. The monoisotopic (exact) mass is 398 g/mol. The molecule has 29 heavy (non-hydrogen) atoms. The molecule has 3 rings (SSSR count). The van der Waals surface area contributed by atoms with Gasteiger partial charge in [-0.1, -0.05) is 24.3 Å². The van der Waals surface area contributed by atoms with Crippen LogP contribution in [-0.4, -0.2) is 44.7 Å². The number of piperidine rings is 1. The second-order valence-corrected chi connectivity index (χ2v) is 7.50. The third-order valence-electron chi connectivity index (χ3n) is 5.40. The minimum atomic E-state index is -0.214. The van der Waals surface area contributed by atoms with Crippen molar-refractivity contribution in [1.29, 1.82) is 0 Å². The fraction of sp³-hybridized carbons (Fsp3) is 0.435. The molecule has 0 unspecified atom stereocenters. The van der Waals surface area contributed by atoms with Crippen molar-refractivity contribution >= 4 is 5.96 Å². The normalized spacial score (nSPS) is 15.9. The summed E-state index contributed by atoms with van der Waals surface area (Å²) in [6.07, 6.45) is 2.34. The highest BCUT2D eigenvalue weighted by atomic mass is 19.1. The molecule has 1 fully saturated rings.